The number of benzene rings is 2. The second kappa shape index (κ2) is 4.83. The third-order valence-electron chi connectivity index (χ3n) is 3.30. The molecule has 0 spiro atoms. The highest BCUT2D eigenvalue weighted by Crippen LogP contribution is 2.27. The van der Waals surface area contributed by atoms with Crippen molar-refractivity contribution in [2.75, 3.05) is 0 Å². The number of rotatable bonds is 2. The van der Waals surface area contributed by atoms with Crippen molar-refractivity contribution >= 4 is 21.8 Å². The van der Waals surface area contributed by atoms with Crippen molar-refractivity contribution in [1.29, 1.82) is 0 Å². The van der Waals surface area contributed by atoms with E-state index in [9.17, 15) is 0 Å². The molecule has 2 heterocycles. The maximum absolute atomic E-state index is 5.91. The van der Waals surface area contributed by atoms with Gasteiger partial charge in [0.05, 0.1) is 16.4 Å². The van der Waals surface area contributed by atoms with Gasteiger partial charge < -0.3 is 4.74 Å². The number of nitrogens with zero attached hydrogens (tertiary/aromatic N) is 3. The summed E-state index contributed by atoms with van der Waals surface area (Å²) >= 11 is 0. The Morgan fingerprint density at radius 3 is 2.71 bits per heavy atom. The third kappa shape index (κ3) is 2.17. The van der Waals surface area contributed by atoms with Crippen molar-refractivity contribution in [3.8, 4) is 11.6 Å². The Morgan fingerprint density at radius 2 is 1.71 bits per heavy atom. The SMILES string of the molecule is c1cnc2cc(Oc3ncnc4ccccc34)ccc2c1. The van der Waals surface area contributed by atoms with Crippen LogP contribution >= 0.6 is 0 Å². The van der Waals surface area contributed by atoms with Crippen LogP contribution in [0, 0.1) is 0 Å². The average Bonchev–Trinajstić information content (AvgIpc) is 2.55. The highest BCUT2D eigenvalue weighted by molar-refractivity contribution is 5.84. The number of para-hydroxylation sites is 1. The van der Waals surface area contributed by atoms with Gasteiger partial charge in [0.1, 0.15) is 12.1 Å². The second-order valence-corrected chi connectivity index (χ2v) is 4.66. The molecule has 0 N–H and O–H groups in total. The first-order valence-corrected chi connectivity index (χ1v) is 6.62. The van der Waals surface area contributed by atoms with Crippen molar-refractivity contribution in [1.82, 2.24) is 15.0 Å². The Labute approximate surface area is 121 Å². The van der Waals surface area contributed by atoms with Crippen molar-refractivity contribution in [3.05, 3.63) is 67.1 Å². The van der Waals surface area contributed by atoms with Crippen LogP contribution < -0.4 is 4.74 Å². The van der Waals surface area contributed by atoms with Gasteiger partial charge in [-0.2, -0.15) is 0 Å². The van der Waals surface area contributed by atoms with E-state index in [0.29, 0.717) is 11.6 Å². The fourth-order valence-corrected chi connectivity index (χ4v) is 2.28. The van der Waals surface area contributed by atoms with Gasteiger partial charge in [-0.3, -0.25) is 4.98 Å². The molecule has 4 heteroatoms. The van der Waals surface area contributed by atoms with Crippen LogP contribution in [-0.4, -0.2) is 15.0 Å². The molecule has 0 aliphatic carbocycles. The van der Waals surface area contributed by atoms with E-state index >= 15 is 0 Å². The first kappa shape index (κ1) is 11.8. The van der Waals surface area contributed by atoms with Gasteiger partial charge in [0.15, 0.2) is 0 Å². The van der Waals surface area contributed by atoms with E-state index < -0.39 is 0 Å². The highest BCUT2D eigenvalue weighted by Gasteiger charge is 2.06. The van der Waals surface area contributed by atoms with Crippen molar-refractivity contribution in [3.63, 3.8) is 0 Å². The molecule has 0 amide bonds. The Kier molecular flexibility index (Phi) is 2.71. The highest BCUT2D eigenvalue weighted by atomic mass is 16.5. The lowest BCUT2D eigenvalue weighted by atomic mass is 10.2. The standard InChI is InChI=1S/C17H11N3O/c1-2-6-15-14(5-1)17(20-11-19-15)21-13-8-7-12-4-3-9-18-16(12)10-13/h1-11H. The monoisotopic (exact) mass is 273 g/mol. The van der Waals surface area contributed by atoms with Crippen LogP contribution in [-0.2, 0) is 0 Å². The third-order valence-corrected chi connectivity index (χ3v) is 3.30. The quantitative estimate of drug-likeness (QED) is 0.554. The summed E-state index contributed by atoms with van der Waals surface area (Å²) in [6.45, 7) is 0. The molecule has 0 saturated heterocycles. The number of pyridine rings is 1. The fraction of sp³-hybridized carbons (Fsp3) is 0. The summed E-state index contributed by atoms with van der Waals surface area (Å²) in [6, 6.07) is 17.5. The minimum Gasteiger partial charge on any atom is -0.438 e. The van der Waals surface area contributed by atoms with Gasteiger partial charge in [-0.25, -0.2) is 9.97 Å². The van der Waals surface area contributed by atoms with Gasteiger partial charge >= 0.3 is 0 Å². The molecule has 21 heavy (non-hydrogen) atoms. The zero-order chi connectivity index (χ0) is 14.1. The Hall–Kier alpha value is -3.01. The summed E-state index contributed by atoms with van der Waals surface area (Å²) in [4.78, 5) is 12.8. The van der Waals surface area contributed by atoms with Crippen molar-refractivity contribution in [2.24, 2.45) is 0 Å². The smallest absolute Gasteiger partial charge is 0.230 e. The molecule has 4 nitrogen and oxygen atoms in total. The van der Waals surface area contributed by atoms with E-state index in [2.05, 4.69) is 15.0 Å². The summed E-state index contributed by atoms with van der Waals surface area (Å²) in [5.74, 6) is 1.26. The number of ether oxygens (including phenoxy) is 1. The summed E-state index contributed by atoms with van der Waals surface area (Å²) in [5, 5.41) is 1.97. The molecule has 0 saturated carbocycles. The van der Waals surface area contributed by atoms with Crippen LogP contribution in [0.25, 0.3) is 21.8 Å². The van der Waals surface area contributed by atoms with Gasteiger partial charge in [0.2, 0.25) is 5.88 Å². The lowest BCUT2D eigenvalue weighted by Crippen LogP contribution is -1.91. The van der Waals surface area contributed by atoms with Crippen molar-refractivity contribution in [2.45, 2.75) is 0 Å². The molecule has 0 unspecified atom stereocenters. The average molecular weight is 273 g/mol. The lowest BCUT2D eigenvalue weighted by molar-refractivity contribution is 0.469. The Bertz CT molecular complexity index is 932. The first-order chi connectivity index (χ1) is 10.4. The largest absolute Gasteiger partial charge is 0.438 e. The van der Waals surface area contributed by atoms with E-state index in [1.54, 1.807) is 6.20 Å². The molecule has 100 valence electrons. The maximum Gasteiger partial charge on any atom is 0.230 e. The molecule has 0 bridgehead atoms. The molecular formula is C17H11N3O. The van der Waals surface area contributed by atoms with Crippen LogP contribution in [0.4, 0.5) is 0 Å². The minimum absolute atomic E-state index is 0.552. The topological polar surface area (TPSA) is 47.9 Å². The number of hydrogen-bond donors (Lipinski definition) is 0. The Balaban J connectivity index is 1.79. The molecular weight excluding hydrogens is 262 g/mol. The normalized spacial score (nSPS) is 10.9. The number of fused-ring (bicyclic) bond motifs is 2. The molecule has 2 aromatic carbocycles. The van der Waals surface area contributed by atoms with Crippen LogP contribution in [0.5, 0.6) is 11.6 Å². The molecule has 0 aliphatic heterocycles. The molecule has 4 aromatic rings. The van der Waals surface area contributed by atoms with E-state index in [0.717, 1.165) is 21.8 Å². The van der Waals surface area contributed by atoms with Crippen LogP contribution in [0.15, 0.2) is 67.1 Å². The van der Waals surface area contributed by atoms with Gasteiger partial charge in [-0.05, 0) is 30.3 Å². The summed E-state index contributed by atoms with van der Waals surface area (Å²) in [5.41, 5.74) is 1.76. The van der Waals surface area contributed by atoms with Gasteiger partial charge in [0, 0.05) is 17.6 Å². The van der Waals surface area contributed by atoms with E-state index in [1.807, 2.05) is 54.6 Å². The molecule has 0 aliphatic rings. The molecule has 2 aromatic heterocycles. The Morgan fingerprint density at radius 1 is 0.762 bits per heavy atom. The first-order valence-electron chi connectivity index (χ1n) is 6.62. The maximum atomic E-state index is 5.91. The van der Waals surface area contributed by atoms with Crippen LogP contribution in [0.1, 0.15) is 0 Å². The molecule has 0 atom stereocenters. The van der Waals surface area contributed by atoms with Crippen molar-refractivity contribution < 1.29 is 4.74 Å². The summed E-state index contributed by atoms with van der Waals surface area (Å²) in [7, 11) is 0. The zero-order valence-corrected chi connectivity index (χ0v) is 11.1. The van der Waals surface area contributed by atoms with E-state index in [-0.39, 0.29) is 0 Å². The van der Waals surface area contributed by atoms with Crippen LogP contribution in [0.2, 0.25) is 0 Å². The second-order valence-electron chi connectivity index (χ2n) is 4.66. The number of hydrogen-bond acceptors (Lipinski definition) is 4. The fourth-order valence-electron chi connectivity index (χ4n) is 2.28. The predicted octanol–water partition coefficient (Wildman–Crippen LogP) is 3.97. The summed E-state index contributed by atoms with van der Waals surface area (Å²) < 4.78 is 5.91. The molecule has 0 radical (unpaired) electrons. The van der Waals surface area contributed by atoms with Gasteiger partial charge in [-0.1, -0.05) is 18.2 Å². The van der Waals surface area contributed by atoms with E-state index in [1.165, 1.54) is 6.33 Å². The molecule has 4 rings (SSSR count). The van der Waals surface area contributed by atoms with Gasteiger partial charge in [0.25, 0.3) is 0 Å². The zero-order valence-electron chi connectivity index (χ0n) is 11.1. The molecule has 0 fully saturated rings. The lowest BCUT2D eigenvalue weighted by Gasteiger charge is -2.07. The minimum atomic E-state index is 0.552. The predicted molar refractivity (Wildman–Crippen MR) is 81.4 cm³/mol. The van der Waals surface area contributed by atoms with E-state index in [4.69, 9.17) is 4.74 Å². The number of aromatic nitrogens is 3. The summed E-state index contributed by atoms with van der Waals surface area (Å²) in [6.07, 6.45) is 3.28. The van der Waals surface area contributed by atoms with Crippen LogP contribution in [0.3, 0.4) is 0 Å². The van der Waals surface area contributed by atoms with Gasteiger partial charge in [-0.15, -0.1) is 0 Å².